The summed E-state index contributed by atoms with van der Waals surface area (Å²) >= 11 is 0. The lowest BCUT2D eigenvalue weighted by atomic mass is 9.98. The summed E-state index contributed by atoms with van der Waals surface area (Å²) < 4.78 is 0. The minimum Gasteiger partial charge on any atom is -0.356 e. The van der Waals surface area contributed by atoms with Gasteiger partial charge >= 0.3 is 0 Å². The fourth-order valence-corrected chi connectivity index (χ4v) is 2.64. The monoisotopic (exact) mass is 266 g/mol. The van der Waals surface area contributed by atoms with Crippen LogP contribution < -0.4 is 5.32 Å². The van der Waals surface area contributed by atoms with Crippen LogP contribution in [-0.2, 0) is 0 Å². The molecule has 0 bridgehead atoms. The summed E-state index contributed by atoms with van der Waals surface area (Å²) in [5, 5.41) is 3.51. The molecule has 0 spiro atoms. The molecular formula is C15H30N4. The van der Waals surface area contributed by atoms with Crippen molar-refractivity contribution < 1.29 is 0 Å². The second kappa shape index (κ2) is 8.97. The zero-order valence-corrected chi connectivity index (χ0v) is 12.9. The van der Waals surface area contributed by atoms with Crippen LogP contribution in [0.2, 0.25) is 0 Å². The number of rotatable bonds is 6. The standard InChI is InChI=1S/C15H30N4/c1-5-6-7-11-19(4)15(16-2)17-12-14-9-8-10-18(3)13-14/h5,14H,1,6-13H2,2-4H3,(H,16,17). The second-order valence-electron chi connectivity index (χ2n) is 5.55. The molecule has 0 radical (unpaired) electrons. The van der Waals surface area contributed by atoms with Crippen LogP contribution in [0.1, 0.15) is 25.7 Å². The molecule has 0 amide bonds. The van der Waals surface area contributed by atoms with Gasteiger partial charge in [-0.05, 0) is 45.2 Å². The third-order valence-corrected chi connectivity index (χ3v) is 3.75. The molecule has 0 aromatic heterocycles. The predicted octanol–water partition coefficient (Wildman–Crippen LogP) is 1.80. The van der Waals surface area contributed by atoms with E-state index in [4.69, 9.17) is 0 Å². The summed E-state index contributed by atoms with van der Waals surface area (Å²) in [6.45, 7) is 8.25. The molecule has 0 saturated carbocycles. The maximum atomic E-state index is 4.36. The largest absolute Gasteiger partial charge is 0.356 e. The first-order valence-electron chi connectivity index (χ1n) is 7.38. The Morgan fingerprint density at radius 3 is 3.00 bits per heavy atom. The van der Waals surface area contributed by atoms with Crippen LogP contribution in [0.25, 0.3) is 0 Å². The Labute approximate surface area is 118 Å². The summed E-state index contributed by atoms with van der Waals surface area (Å²) in [4.78, 5) is 8.99. The van der Waals surface area contributed by atoms with Crippen molar-refractivity contribution in [3.8, 4) is 0 Å². The minimum atomic E-state index is 0.747. The van der Waals surface area contributed by atoms with Crippen molar-refractivity contribution in [3.63, 3.8) is 0 Å². The summed E-state index contributed by atoms with van der Waals surface area (Å²) in [5.41, 5.74) is 0. The molecule has 1 rings (SSSR count). The molecule has 4 heteroatoms. The van der Waals surface area contributed by atoms with Gasteiger partial charge in [-0.15, -0.1) is 6.58 Å². The molecule has 4 nitrogen and oxygen atoms in total. The van der Waals surface area contributed by atoms with E-state index < -0.39 is 0 Å². The summed E-state index contributed by atoms with van der Waals surface area (Å²) in [7, 11) is 6.17. The molecule has 19 heavy (non-hydrogen) atoms. The number of hydrogen-bond acceptors (Lipinski definition) is 2. The van der Waals surface area contributed by atoms with Crippen LogP contribution >= 0.6 is 0 Å². The van der Waals surface area contributed by atoms with Gasteiger partial charge in [0.2, 0.25) is 0 Å². The van der Waals surface area contributed by atoms with Gasteiger partial charge in [0.15, 0.2) is 5.96 Å². The van der Waals surface area contributed by atoms with Crippen molar-refractivity contribution in [2.24, 2.45) is 10.9 Å². The van der Waals surface area contributed by atoms with E-state index in [1.807, 2.05) is 13.1 Å². The molecule has 1 fully saturated rings. The van der Waals surface area contributed by atoms with Gasteiger partial charge in [0.25, 0.3) is 0 Å². The zero-order valence-electron chi connectivity index (χ0n) is 12.9. The van der Waals surface area contributed by atoms with Gasteiger partial charge in [-0.3, -0.25) is 4.99 Å². The van der Waals surface area contributed by atoms with Crippen LogP contribution in [0.3, 0.4) is 0 Å². The van der Waals surface area contributed by atoms with E-state index in [9.17, 15) is 0 Å². The summed E-state index contributed by atoms with van der Waals surface area (Å²) in [6, 6.07) is 0. The number of guanidine groups is 1. The molecule has 1 atom stereocenters. The highest BCUT2D eigenvalue weighted by atomic mass is 15.3. The molecule has 0 aromatic rings. The highest BCUT2D eigenvalue weighted by Crippen LogP contribution is 2.13. The summed E-state index contributed by atoms with van der Waals surface area (Å²) in [5.74, 6) is 1.76. The number of nitrogens with one attached hydrogen (secondary N) is 1. The highest BCUT2D eigenvalue weighted by Gasteiger charge is 2.17. The average Bonchev–Trinajstić information content (AvgIpc) is 2.40. The SMILES string of the molecule is C=CCCCN(C)C(=NC)NCC1CCCN(C)C1. The van der Waals surface area contributed by atoms with Crippen molar-refractivity contribution in [1.29, 1.82) is 0 Å². The van der Waals surface area contributed by atoms with E-state index in [1.54, 1.807) is 0 Å². The van der Waals surface area contributed by atoms with Gasteiger partial charge in [0, 0.05) is 33.7 Å². The van der Waals surface area contributed by atoms with E-state index >= 15 is 0 Å². The van der Waals surface area contributed by atoms with E-state index in [0.717, 1.165) is 37.8 Å². The van der Waals surface area contributed by atoms with E-state index in [1.165, 1.54) is 25.9 Å². The molecule has 1 unspecified atom stereocenters. The number of aliphatic imine (C=N–C) groups is 1. The zero-order chi connectivity index (χ0) is 14.1. The van der Waals surface area contributed by atoms with Crippen LogP contribution in [0, 0.1) is 5.92 Å². The lowest BCUT2D eigenvalue weighted by Crippen LogP contribution is -2.44. The average molecular weight is 266 g/mol. The first-order chi connectivity index (χ1) is 9.17. The third kappa shape index (κ3) is 6.10. The molecule has 1 N–H and O–H groups in total. The Balaban J connectivity index is 2.29. The van der Waals surface area contributed by atoms with Gasteiger partial charge in [-0.25, -0.2) is 0 Å². The van der Waals surface area contributed by atoms with E-state index in [0.29, 0.717) is 0 Å². The van der Waals surface area contributed by atoms with Crippen LogP contribution in [-0.4, -0.2) is 63.1 Å². The van der Waals surface area contributed by atoms with Crippen molar-refractivity contribution in [2.45, 2.75) is 25.7 Å². The van der Waals surface area contributed by atoms with Gasteiger partial charge in [0.1, 0.15) is 0 Å². The lowest BCUT2D eigenvalue weighted by molar-refractivity contribution is 0.209. The first kappa shape index (κ1) is 16.0. The Bertz CT molecular complexity index is 288. The van der Waals surface area contributed by atoms with Crippen molar-refractivity contribution in [2.75, 3.05) is 47.3 Å². The lowest BCUT2D eigenvalue weighted by Gasteiger charge is -2.31. The molecule has 0 aromatic carbocycles. The predicted molar refractivity (Wildman–Crippen MR) is 83.6 cm³/mol. The topological polar surface area (TPSA) is 30.9 Å². The van der Waals surface area contributed by atoms with E-state index in [2.05, 4.69) is 40.8 Å². The van der Waals surface area contributed by atoms with Gasteiger partial charge in [-0.1, -0.05) is 6.08 Å². The molecular weight excluding hydrogens is 236 g/mol. The summed E-state index contributed by atoms with van der Waals surface area (Å²) in [6.07, 6.45) is 6.81. The van der Waals surface area contributed by atoms with Gasteiger partial charge < -0.3 is 15.1 Å². The normalized spacial score (nSPS) is 21.2. The number of allylic oxidation sites excluding steroid dienone is 1. The number of piperidine rings is 1. The third-order valence-electron chi connectivity index (χ3n) is 3.75. The quantitative estimate of drug-likeness (QED) is 0.344. The number of likely N-dealkylation sites (tertiary alicyclic amines) is 1. The minimum absolute atomic E-state index is 0.747. The molecule has 110 valence electrons. The number of hydrogen-bond donors (Lipinski definition) is 1. The Kier molecular flexibility index (Phi) is 7.56. The maximum Gasteiger partial charge on any atom is 0.193 e. The second-order valence-corrected chi connectivity index (χ2v) is 5.55. The maximum absolute atomic E-state index is 4.36. The van der Waals surface area contributed by atoms with Crippen LogP contribution in [0.15, 0.2) is 17.6 Å². The van der Waals surface area contributed by atoms with Gasteiger partial charge in [0.05, 0.1) is 0 Å². The smallest absolute Gasteiger partial charge is 0.193 e. The fraction of sp³-hybridized carbons (Fsp3) is 0.800. The van der Waals surface area contributed by atoms with Crippen LogP contribution in [0.4, 0.5) is 0 Å². The first-order valence-corrected chi connectivity index (χ1v) is 7.38. The Morgan fingerprint density at radius 1 is 1.58 bits per heavy atom. The molecule has 0 aliphatic carbocycles. The molecule has 1 saturated heterocycles. The van der Waals surface area contributed by atoms with E-state index in [-0.39, 0.29) is 0 Å². The molecule has 1 aliphatic heterocycles. The number of unbranched alkanes of at least 4 members (excludes halogenated alkanes) is 1. The number of nitrogens with zero attached hydrogens (tertiary/aromatic N) is 3. The molecule has 1 aliphatic rings. The van der Waals surface area contributed by atoms with Crippen molar-refractivity contribution in [3.05, 3.63) is 12.7 Å². The van der Waals surface area contributed by atoms with Crippen molar-refractivity contribution in [1.82, 2.24) is 15.1 Å². The Hall–Kier alpha value is -1.03. The highest BCUT2D eigenvalue weighted by molar-refractivity contribution is 5.79. The Morgan fingerprint density at radius 2 is 2.37 bits per heavy atom. The van der Waals surface area contributed by atoms with Crippen molar-refractivity contribution >= 4 is 5.96 Å². The fourth-order valence-electron chi connectivity index (χ4n) is 2.64. The van der Waals surface area contributed by atoms with Crippen LogP contribution in [0.5, 0.6) is 0 Å². The molecule has 1 heterocycles. The van der Waals surface area contributed by atoms with Gasteiger partial charge in [-0.2, -0.15) is 0 Å².